The van der Waals surface area contributed by atoms with Crippen molar-refractivity contribution in [3.8, 4) is 0 Å². The van der Waals surface area contributed by atoms with Gasteiger partial charge in [0, 0.05) is 6.20 Å². The SMILES string of the molecule is CC(C)(C)OC(=O)NCc1ccnc(CF)n1. The molecule has 17 heavy (non-hydrogen) atoms. The molecule has 1 amide bonds. The summed E-state index contributed by atoms with van der Waals surface area (Å²) in [5.74, 6) is 0.105. The highest BCUT2D eigenvalue weighted by molar-refractivity contribution is 5.67. The van der Waals surface area contributed by atoms with Crippen molar-refractivity contribution < 1.29 is 13.9 Å². The molecule has 0 aliphatic carbocycles. The number of carbonyl (C=O) groups is 1. The van der Waals surface area contributed by atoms with Gasteiger partial charge in [-0.2, -0.15) is 0 Å². The molecule has 1 heterocycles. The average Bonchev–Trinajstić information content (AvgIpc) is 2.24. The van der Waals surface area contributed by atoms with Crippen LogP contribution >= 0.6 is 0 Å². The van der Waals surface area contributed by atoms with Gasteiger partial charge in [0.25, 0.3) is 0 Å². The van der Waals surface area contributed by atoms with Gasteiger partial charge in [-0.3, -0.25) is 0 Å². The first-order valence-electron chi connectivity index (χ1n) is 5.24. The van der Waals surface area contributed by atoms with Crippen LogP contribution in [0.1, 0.15) is 32.3 Å². The molecule has 0 aromatic carbocycles. The number of carbonyl (C=O) groups excluding carboxylic acids is 1. The summed E-state index contributed by atoms with van der Waals surface area (Å²) in [5, 5.41) is 2.53. The number of rotatable bonds is 3. The quantitative estimate of drug-likeness (QED) is 0.878. The number of hydrogen-bond acceptors (Lipinski definition) is 4. The van der Waals surface area contributed by atoms with Gasteiger partial charge >= 0.3 is 6.09 Å². The molecular weight excluding hydrogens is 225 g/mol. The molecule has 94 valence electrons. The van der Waals surface area contributed by atoms with E-state index in [1.54, 1.807) is 26.8 Å². The van der Waals surface area contributed by atoms with E-state index in [0.29, 0.717) is 5.69 Å². The number of amides is 1. The third kappa shape index (κ3) is 5.24. The number of nitrogens with zero attached hydrogens (tertiary/aromatic N) is 2. The first-order valence-corrected chi connectivity index (χ1v) is 5.24. The van der Waals surface area contributed by atoms with Crippen LogP contribution < -0.4 is 5.32 Å². The van der Waals surface area contributed by atoms with E-state index in [-0.39, 0.29) is 12.4 Å². The molecule has 0 unspecified atom stereocenters. The molecule has 0 atom stereocenters. The summed E-state index contributed by atoms with van der Waals surface area (Å²) in [6.45, 7) is 4.79. The van der Waals surface area contributed by atoms with Gasteiger partial charge in [-0.05, 0) is 26.8 Å². The van der Waals surface area contributed by atoms with E-state index < -0.39 is 18.4 Å². The van der Waals surface area contributed by atoms with Gasteiger partial charge in [-0.1, -0.05) is 0 Å². The van der Waals surface area contributed by atoms with E-state index >= 15 is 0 Å². The van der Waals surface area contributed by atoms with E-state index in [1.807, 2.05) is 0 Å². The Hall–Kier alpha value is -1.72. The zero-order chi connectivity index (χ0) is 12.9. The van der Waals surface area contributed by atoms with Crippen LogP contribution in [0.4, 0.5) is 9.18 Å². The second-order valence-electron chi connectivity index (χ2n) is 4.45. The van der Waals surface area contributed by atoms with Crippen LogP contribution in [0, 0.1) is 0 Å². The first-order chi connectivity index (χ1) is 7.90. The van der Waals surface area contributed by atoms with E-state index in [1.165, 1.54) is 6.20 Å². The average molecular weight is 241 g/mol. The Balaban J connectivity index is 2.47. The smallest absolute Gasteiger partial charge is 0.407 e. The third-order valence-electron chi connectivity index (χ3n) is 1.70. The highest BCUT2D eigenvalue weighted by atomic mass is 19.1. The number of alkyl halides is 1. The van der Waals surface area contributed by atoms with Crippen LogP contribution in [0.5, 0.6) is 0 Å². The minimum atomic E-state index is -0.722. The lowest BCUT2D eigenvalue weighted by Gasteiger charge is -2.19. The lowest BCUT2D eigenvalue weighted by Crippen LogP contribution is -2.32. The molecule has 5 nitrogen and oxygen atoms in total. The van der Waals surface area contributed by atoms with Crippen LogP contribution in [0.15, 0.2) is 12.3 Å². The molecular formula is C11H16FN3O2. The van der Waals surface area contributed by atoms with Gasteiger partial charge in [0.15, 0.2) is 5.82 Å². The minimum Gasteiger partial charge on any atom is -0.444 e. The van der Waals surface area contributed by atoms with Crippen LogP contribution in [0.25, 0.3) is 0 Å². The van der Waals surface area contributed by atoms with Crippen molar-refractivity contribution in [2.24, 2.45) is 0 Å². The topological polar surface area (TPSA) is 64.1 Å². The van der Waals surface area contributed by atoms with Crippen molar-refractivity contribution in [2.75, 3.05) is 0 Å². The molecule has 1 N–H and O–H groups in total. The van der Waals surface area contributed by atoms with Gasteiger partial charge in [-0.25, -0.2) is 19.2 Å². The lowest BCUT2D eigenvalue weighted by atomic mass is 10.2. The van der Waals surface area contributed by atoms with Crippen LogP contribution in [0.3, 0.4) is 0 Å². The van der Waals surface area contributed by atoms with Crippen molar-refractivity contribution in [3.05, 3.63) is 23.8 Å². The largest absolute Gasteiger partial charge is 0.444 e. The molecule has 0 radical (unpaired) electrons. The van der Waals surface area contributed by atoms with Gasteiger partial charge in [0.1, 0.15) is 12.3 Å². The Kier molecular flexibility index (Phi) is 4.37. The van der Waals surface area contributed by atoms with Crippen LogP contribution in [-0.2, 0) is 18.0 Å². The molecule has 0 fully saturated rings. The van der Waals surface area contributed by atoms with Crippen molar-refractivity contribution in [1.82, 2.24) is 15.3 Å². The maximum atomic E-state index is 12.3. The maximum absolute atomic E-state index is 12.3. The van der Waals surface area contributed by atoms with Crippen LogP contribution in [0.2, 0.25) is 0 Å². The molecule has 6 heteroatoms. The fourth-order valence-corrected chi connectivity index (χ4v) is 1.08. The van der Waals surface area contributed by atoms with Gasteiger partial charge in [0.05, 0.1) is 12.2 Å². The summed E-state index contributed by atoms with van der Waals surface area (Å²) in [7, 11) is 0. The number of ether oxygens (including phenoxy) is 1. The molecule has 0 saturated heterocycles. The number of alkyl carbamates (subject to hydrolysis) is 1. The summed E-state index contributed by atoms with van der Waals surface area (Å²) in [6, 6.07) is 1.61. The van der Waals surface area contributed by atoms with E-state index in [9.17, 15) is 9.18 Å². The normalized spacial score (nSPS) is 11.1. The number of aromatic nitrogens is 2. The van der Waals surface area contributed by atoms with Crippen molar-refractivity contribution in [2.45, 2.75) is 39.6 Å². The predicted octanol–water partition coefficient (Wildman–Crippen LogP) is 1.97. The minimum absolute atomic E-state index is 0.105. The fourth-order valence-electron chi connectivity index (χ4n) is 1.08. The predicted molar refractivity (Wildman–Crippen MR) is 59.9 cm³/mol. The summed E-state index contributed by atoms with van der Waals surface area (Å²) in [5.41, 5.74) is -0.00153. The van der Waals surface area contributed by atoms with Gasteiger partial charge in [-0.15, -0.1) is 0 Å². The standard InChI is InChI=1S/C11H16FN3O2/c1-11(2,3)17-10(16)14-7-8-4-5-13-9(6-12)15-8/h4-5H,6-7H2,1-3H3,(H,14,16). The second-order valence-corrected chi connectivity index (χ2v) is 4.45. The van der Waals surface area contributed by atoms with E-state index in [2.05, 4.69) is 15.3 Å². The van der Waals surface area contributed by atoms with Crippen molar-refractivity contribution in [1.29, 1.82) is 0 Å². The van der Waals surface area contributed by atoms with Crippen molar-refractivity contribution in [3.63, 3.8) is 0 Å². The zero-order valence-electron chi connectivity index (χ0n) is 10.2. The molecule has 0 bridgehead atoms. The molecule has 0 saturated carbocycles. The number of hydrogen-bond donors (Lipinski definition) is 1. The van der Waals surface area contributed by atoms with Gasteiger partial charge < -0.3 is 10.1 Å². The monoisotopic (exact) mass is 241 g/mol. The zero-order valence-corrected chi connectivity index (χ0v) is 10.2. The third-order valence-corrected chi connectivity index (χ3v) is 1.70. The lowest BCUT2D eigenvalue weighted by molar-refractivity contribution is 0.0523. The first kappa shape index (κ1) is 13.3. The highest BCUT2D eigenvalue weighted by Crippen LogP contribution is 2.06. The highest BCUT2D eigenvalue weighted by Gasteiger charge is 2.15. The maximum Gasteiger partial charge on any atom is 0.407 e. The summed E-state index contributed by atoms with van der Waals surface area (Å²) in [6.07, 6.45) is 0.923. The Morgan fingerprint density at radius 2 is 2.24 bits per heavy atom. The summed E-state index contributed by atoms with van der Waals surface area (Å²) >= 11 is 0. The molecule has 1 aromatic rings. The summed E-state index contributed by atoms with van der Waals surface area (Å²) < 4.78 is 17.3. The molecule has 0 aliphatic rings. The number of nitrogens with one attached hydrogen (secondary N) is 1. The Labute approximate surface area is 99.4 Å². The van der Waals surface area contributed by atoms with Crippen LogP contribution in [-0.4, -0.2) is 21.7 Å². The molecule has 1 aromatic heterocycles. The van der Waals surface area contributed by atoms with Gasteiger partial charge in [0.2, 0.25) is 0 Å². The molecule has 0 aliphatic heterocycles. The molecule has 1 rings (SSSR count). The fraction of sp³-hybridized carbons (Fsp3) is 0.545. The number of halogens is 1. The van der Waals surface area contributed by atoms with Crippen molar-refractivity contribution >= 4 is 6.09 Å². The van der Waals surface area contributed by atoms with E-state index in [0.717, 1.165) is 0 Å². The molecule has 0 spiro atoms. The summed E-state index contributed by atoms with van der Waals surface area (Å²) in [4.78, 5) is 19.0. The van der Waals surface area contributed by atoms with E-state index in [4.69, 9.17) is 4.74 Å². The Morgan fingerprint density at radius 3 is 2.82 bits per heavy atom. The Morgan fingerprint density at radius 1 is 1.53 bits per heavy atom. The Bertz CT molecular complexity index is 391. The second kappa shape index (κ2) is 5.56.